The van der Waals surface area contributed by atoms with E-state index in [1.165, 1.54) is 18.7 Å². The molecule has 2 N–H and O–H groups in total. The van der Waals surface area contributed by atoms with Gasteiger partial charge in [-0.2, -0.15) is 5.10 Å². The summed E-state index contributed by atoms with van der Waals surface area (Å²) in [6, 6.07) is 5.90. The van der Waals surface area contributed by atoms with Crippen LogP contribution in [0.3, 0.4) is 0 Å². The Labute approximate surface area is 120 Å². The number of benzene rings is 1. The van der Waals surface area contributed by atoms with E-state index in [2.05, 4.69) is 10.4 Å². The van der Waals surface area contributed by atoms with E-state index in [1.54, 1.807) is 24.3 Å². The van der Waals surface area contributed by atoms with E-state index in [0.717, 1.165) is 0 Å². The van der Waals surface area contributed by atoms with Gasteiger partial charge in [-0.3, -0.25) is 14.4 Å². The smallest absolute Gasteiger partial charge is 0.325 e. The van der Waals surface area contributed by atoms with Gasteiger partial charge in [-0.25, -0.2) is 4.68 Å². The molecule has 0 fully saturated rings. The average Bonchev–Trinajstić information content (AvgIpc) is 2.44. The molecule has 7 heteroatoms. The van der Waals surface area contributed by atoms with Crippen molar-refractivity contribution < 1.29 is 14.7 Å². The molecule has 1 amide bonds. The highest BCUT2D eigenvalue weighted by Crippen LogP contribution is 2.13. The van der Waals surface area contributed by atoms with Gasteiger partial charge in [-0.15, -0.1) is 0 Å². The molecule has 1 aromatic carbocycles. The van der Waals surface area contributed by atoms with E-state index < -0.39 is 17.9 Å². The molecule has 7 nitrogen and oxygen atoms in total. The van der Waals surface area contributed by atoms with Gasteiger partial charge < -0.3 is 10.4 Å². The topological polar surface area (TPSA) is 101 Å². The second kappa shape index (κ2) is 5.74. The third kappa shape index (κ3) is 3.07. The molecule has 110 valence electrons. The number of rotatable bonds is 4. The van der Waals surface area contributed by atoms with Gasteiger partial charge >= 0.3 is 5.97 Å². The van der Waals surface area contributed by atoms with Crippen molar-refractivity contribution in [3.8, 4) is 0 Å². The number of amides is 1. The molecule has 0 radical (unpaired) electrons. The summed E-state index contributed by atoms with van der Waals surface area (Å²) in [6.07, 6.45) is -0.0910. The molecular weight excluding hydrogens is 274 g/mol. The number of fused-ring (bicyclic) bond motifs is 1. The van der Waals surface area contributed by atoms with E-state index in [1.807, 2.05) is 0 Å². The normalized spacial score (nSPS) is 12.1. The lowest BCUT2D eigenvalue weighted by Gasteiger charge is -2.11. The van der Waals surface area contributed by atoms with Crippen molar-refractivity contribution in [3.63, 3.8) is 0 Å². The van der Waals surface area contributed by atoms with Gasteiger partial charge in [0, 0.05) is 12.4 Å². The molecule has 21 heavy (non-hydrogen) atoms. The number of aryl methyl sites for hydroxylation is 1. The lowest BCUT2D eigenvalue weighted by molar-refractivity contribution is -0.141. The summed E-state index contributed by atoms with van der Waals surface area (Å²) in [5.41, 5.74) is 0.191. The minimum atomic E-state index is -1.11. The number of hydrogen-bond acceptors (Lipinski definition) is 4. The fourth-order valence-corrected chi connectivity index (χ4v) is 2.01. The molecule has 1 atom stereocenters. The van der Waals surface area contributed by atoms with Gasteiger partial charge in [0.25, 0.3) is 5.56 Å². The molecular formula is C14H15N3O4. The van der Waals surface area contributed by atoms with Crippen molar-refractivity contribution in [2.45, 2.75) is 19.4 Å². The third-order valence-electron chi connectivity index (χ3n) is 3.11. The first-order valence-corrected chi connectivity index (χ1v) is 6.37. The zero-order valence-electron chi connectivity index (χ0n) is 11.7. The van der Waals surface area contributed by atoms with Crippen LogP contribution in [0.15, 0.2) is 29.1 Å². The third-order valence-corrected chi connectivity index (χ3v) is 3.11. The summed E-state index contributed by atoms with van der Waals surface area (Å²) in [5.74, 6) is -1.57. The molecule has 0 aliphatic heterocycles. The molecule has 0 saturated carbocycles. The molecule has 0 bridgehead atoms. The number of aromatic nitrogens is 2. The van der Waals surface area contributed by atoms with Crippen LogP contribution in [-0.2, 0) is 23.1 Å². The first-order valence-electron chi connectivity index (χ1n) is 6.37. The van der Waals surface area contributed by atoms with Gasteiger partial charge in [-0.05, 0) is 13.0 Å². The number of nitrogens with one attached hydrogen (secondary N) is 1. The molecule has 0 aliphatic rings. The van der Waals surface area contributed by atoms with Crippen molar-refractivity contribution in [3.05, 3.63) is 40.3 Å². The van der Waals surface area contributed by atoms with Gasteiger partial charge in [0.05, 0.1) is 17.5 Å². The van der Waals surface area contributed by atoms with Gasteiger partial charge in [0.2, 0.25) is 5.91 Å². The zero-order valence-corrected chi connectivity index (χ0v) is 11.7. The molecule has 0 unspecified atom stereocenters. The Morgan fingerprint density at radius 2 is 1.95 bits per heavy atom. The highest BCUT2D eigenvalue weighted by molar-refractivity contribution is 5.89. The summed E-state index contributed by atoms with van der Waals surface area (Å²) in [6.45, 7) is 1.38. The summed E-state index contributed by atoms with van der Waals surface area (Å²) >= 11 is 0. The Bertz CT molecular complexity index is 766. The summed E-state index contributed by atoms with van der Waals surface area (Å²) < 4.78 is 1.17. The van der Waals surface area contributed by atoms with E-state index in [0.29, 0.717) is 16.5 Å². The number of hydrogen-bond donors (Lipinski definition) is 2. The maximum atomic E-state index is 12.0. The Morgan fingerprint density at radius 3 is 2.57 bits per heavy atom. The number of carboxylic acids is 1. The van der Waals surface area contributed by atoms with E-state index in [4.69, 9.17) is 5.11 Å². The minimum Gasteiger partial charge on any atom is -0.480 e. The van der Waals surface area contributed by atoms with Gasteiger partial charge in [-0.1, -0.05) is 18.2 Å². The predicted molar refractivity (Wildman–Crippen MR) is 75.9 cm³/mol. The van der Waals surface area contributed by atoms with Crippen LogP contribution in [-0.4, -0.2) is 32.8 Å². The fraction of sp³-hybridized carbons (Fsp3) is 0.286. The summed E-state index contributed by atoms with van der Waals surface area (Å²) in [4.78, 5) is 34.5. The van der Waals surface area contributed by atoms with E-state index >= 15 is 0 Å². The van der Waals surface area contributed by atoms with Gasteiger partial charge in [0.1, 0.15) is 6.04 Å². The van der Waals surface area contributed by atoms with Crippen molar-refractivity contribution in [2.75, 3.05) is 0 Å². The van der Waals surface area contributed by atoms with Crippen LogP contribution in [0.2, 0.25) is 0 Å². The Kier molecular flexibility index (Phi) is 4.02. The fourth-order valence-electron chi connectivity index (χ4n) is 2.01. The standard InChI is InChI=1S/C14H15N3O4/c1-8(14(20)21)15-12(18)7-11-9-5-3-4-6-10(9)13(19)17(2)16-11/h3-6,8H,7H2,1-2H3,(H,15,18)(H,20,21)/t8-/m0/s1. The number of aliphatic carboxylic acids is 1. The van der Waals surface area contributed by atoms with Crippen molar-refractivity contribution in [2.24, 2.45) is 7.05 Å². The summed E-state index contributed by atoms with van der Waals surface area (Å²) in [5, 5.41) is 16.3. The Balaban J connectivity index is 2.35. The minimum absolute atomic E-state index is 0.0910. The number of carboxylic acid groups (broad SMARTS) is 1. The molecule has 0 aliphatic carbocycles. The van der Waals surface area contributed by atoms with Crippen LogP contribution >= 0.6 is 0 Å². The van der Waals surface area contributed by atoms with E-state index in [-0.39, 0.29) is 12.0 Å². The molecule has 1 heterocycles. The van der Waals surface area contributed by atoms with E-state index in [9.17, 15) is 14.4 Å². The number of nitrogens with zero attached hydrogens (tertiary/aromatic N) is 2. The van der Waals surface area contributed by atoms with Crippen LogP contribution in [0.5, 0.6) is 0 Å². The Hall–Kier alpha value is -2.70. The number of carbonyl (C=O) groups excluding carboxylic acids is 1. The Morgan fingerprint density at radius 1 is 1.33 bits per heavy atom. The lowest BCUT2D eigenvalue weighted by Crippen LogP contribution is -2.39. The molecule has 1 aromatic heterocycles. The monoisotopic (exact) mass is 289 g/mol. The van der Waals surface area contributed by atoms with Crippen LogP contribution in [0, 0.1) is 0 Å². The lowest BCUT2D eigenvalue weighted by atomic mass is 10.1. The maximum Gasteiger partial charge on any atom is 0.325 e. The van der Waals surface area contributed by atoms with Crippen LogP contribution in [0.1, 0.15) is 12.6 Å². The van der Waals surface area contributed by atoms with Crippen molar-refractivity contribution in [1.29, 1.82) is 0 Å². The van der Waals surface area contributed by atoms with Crippen LogP contribution < -0.4 is 10.9 Å². The maximum absolute atomic E-state index is 12.0. The summed E-state index contributed by atoms with van der Waals surface area (Å²) in [7, 11) is 1.51. The molecule has 2 rings (SSSR count). The first-order chi connectivity index (χ1) is 9.90. The van der Waals surface area contributed by atoms with Crippen LogP contribution in [0.25, 0.3) is 10.8 Å². The molecule has 0 spiro atoms. The highest BCUT2D eigenvalue weighted by Gasteiger charge is 2.16. The second-order valence-electron chi connectivity index (χ2n) is 4.73. The SMILES string of the molecule is C[C@H](NC(=O)Cc1nn(C)c(=O)c2ccccc12)C(=O)O. The van der Waals surface area contributed by atoms with Crippen molar-refractivity contribution in [1.82, 2.24) is 15.1 Å². The predicted octanol–water partition coefficient (Wildman–Crippen LogP) is 0.0653. The average molecular weight is 289 g/mol. The second-order valence-corrected chi connectivity index (χ2v) is 4.73. The van der Waals surface area contributed by atoms with Gasteiger partial charge in [0.15, 0.2) is 0 Å². The van der Waals surface area contributed by atoms with Crippen molar-refractivity contribution >= 4 is 22.6 Å². The quantitative estimate of drug-likeness (QED) is 0.829. The number of carbonyl (C=O) groups is 2. The first kappa shape index (κ1) is 14.7. The molecule has 0 saturated heterocycles. The molecule has 2 aromatic rings. The zero-order chi connectivity index (χ0) is 15.6. The van der Waals surface area contributed by atoms with Crippen LogP contribution in [0.4, 0.5) is 0 Å². The highest BCUT2D eigenvalue weighted by atomic mass is 16.4. The largest absolute Gasteiger partial charge is 0.480 e.